The fraction of sp³-hybridized carbons (Fsp3) is 0.933. The minimum atomic E-state index is -0.220. The molecule has 1 unspecified atom stereocenters. The van der Waals surface area contributed by atoms with Crippen molar-refractivity contribution in [2.75, 3.05) is 6.61 Å². The van der Waals surface area contributed by atoms with Crippen molar-refractivity contribution in [3.63, 3.8) is 0 Å². The number of hydrogen-bond donors (Lipinski definition) is 2. The van der Waals surface area contributed by atoms with Gasteiger partial charge in [0, 0.05) is 12.0 Å². The van der Waals surface area contributed by atoms with E-state index in [1.807, 2.05) is 0 Å². The van der Waals surface area contributed by atoms with Gasteiger partial charge in [0.25, 0.3) is 0 Å². The second kappa shape index (κ2) is 5.70. The van der Waals surface area contributed by atoms with Crippen molar-refractivity contribution in [2.45, 2.75) is 70.3 Å². The maximum absolute atomic E-state index is 10.8. The molecular formula is C15H26O3. The van der Waals surface area contributed by atoms with Crippen LogP contribution < -0.4 is 0 Å². The van der Waals surface area contributed by atoms with Crippen LogP contribution in [-0.4, -0.2) is 29.2 Å². The fourth-order valence-electron chi connectivity index (χ4n) is 2.80. The predicted molar refractivity (Wildman–Crippen MR) is 70.2 cm³/mol. The lowest BCUT2D eigenvalue weighted by Crippen LogP contribution is -2.11. The summed E-state index contributed by atoms with van der Waals surface area (Å²) in [7, 11) is 0. The van der Waals surface area contributed by atoms with Crippen molar-refractivity contribution in [2.24, 2.45) is 10.8 Å². The number of aliphatic hydroxyl groups is 2. The molecule has 2 aliphatic carbocycles. The smallest absolute Gasteiger partial charge is 0.126 e. The summed E-state index contributed by atoms with van der Waals surface area (Å²) >= 11 is 0. The molecule has 2 rings (SSSR count). The molecule has 0 aromatic heterocycles. The zero-order chi connectivity index (χ0) is 13.1. The largest absolute Gasteiger partial charge is 0.396 e. The summed E-state index contributed by atoms with van der Waals surface area (Å²) in [6.45, 7) is 0.310. The SMILES string of the molecule is O=CC1(CCCC(O)CCCC2(CO)CC2)CC1. The number of aldehydes is 1. The lowest BCUT2D eigenvalue weighted by molar-refractivity contribution is -0.112. The highest BCUT2D eigenvalue weighted by Crippen LogP contribution is 2.49. The molecular weight excluding hydrogens is 228 g/mol. The van der Waals surface area contributed by atoms with E-state index in [1.54, 1.807) is 0 Å². The lowest BCUT2D eigenvalue weighted by Gasteiger charge is -2.14. The summed E-state index contributed by atoms with van der Waals surface area (Å²) in [5.74, 6) is 0. The molecule has 2 N–H and O–H groups in total. The maximum Gasteiger partial charge on any atom is 0.126 e. The van der Waals surface area contributed by atoms with Crippen LogP contribution in [0.15, 0.2) is 0 Å². The molecule has 0 amide bonds. The van der Waals surface area contributed by atoms with Gasteiger partial charge in [0.05, 0.1) is 6.10 Å². The van der Waals surface area contributed by atoms with Crippen LogP contribution in [0.5, 0.6) is 0 Å². The number of aliphatic hydroxyl groups excluding tert-OH is 2. The normalized spacial score (nSPS) is 24.6. The molecule has 0 bridgehead atoms. The van der Waals surface area contributed by atoms with Crippen LogP contribution in [0, 0.1) is 10.8 Å². The summed E-state index contributed by atoms with van der Waals surface area (Å²) in [6.07, 6.45) is 10.9. The van der Waals surface area contributed by atoms with Crippen LogP contribution in [-0.2, 0) is 4.79 Å². The summed E-state index contributed by atoms with van der Waals surface area (Å²) in [5.41, 5.74) is 0.212. The summed E-state index contributed by atoms with van der Waals surface area (Å²) in [5, 5.41) is 19.1. The Balaban J connectivity index is 1.50. The Hall–Kier alpha value is -0.410. The van der Waals surface area contributed by atoms with Gasteiger partial charge in [-0.25, -0.2) is 0 Å². The third-order valence-corrected chi connectivity index (χ3v) is 4.89. The standard InChI is InChI=1S/C15H26O3/c16-11-14(7-8-14)5-1-3-13(18)4-2-6-15(12-17)9-10-15/h11,13,17-18H,1-10,12H2. The zero-order valence-corrected chi connectivity index (χ0v) is 11.2. The molecule has 104 valence electrons. The predicted octanol–water partition coefficient (Wildman–Crippen LogP) is 2.44. The quantitative estimate of drug-likeness (QED) is 0.589. The third kappa shape index (κ3) is 3.79. The van der Waals surface area contributed by atoms with Gasteiger partial charge in [0.2, 0.25) is 0 Å². The first-order valence-corrected chi connectivity index (χ1v) is 7.39. The van der Waals surface area contributed by atoms with Crippen molar-refractivity contribution >= 4 is 6.29 Å². The van der Waals surface area contributed by atoms with E-state index in [0.717, 1.165) is 70.5 Å². The molecule has 2 saturated carbocycles. The van der Waals surface area contributed by atoms with E-state index in [2.05, 4.69) is 0 Å². The van der Waals surface area contributed by atoms with Crippen molar-refractivity contribution in [3.8, 4) is 0 Å². The Labute approximate surface area is 110 Å². The van der Waals surface area contributed by atoms with Gasteiger partial charge in [0.15, 0.2) is 0 Å². The molecule has 0 heterocycles. The van der Waals surface area contributed by atoms with Gasteiger partial charge in [-0.15, -0.1) is 0 Å². The molecule has 0 aliphatic heterocycles. The third-order valence-electron chi connectivity index (χ3n) is 4.89. The molecule has 3 nitrogen and oxygen atoms in total. The maximum atomic E-state index is 10.8. The fourth-order valence-corrected chi connectivity index (χ4v) is 2.80. The van der Waals surface area contributed by atoms with E-state index in [-0.39, 0.29) is 16.9 Å². The van der Waals surface area contributed by atoms with E-state index >= 15 is 0 Å². The van der Waals surface area contributed by atoms with Gasteiger partial charge >= 0.3 is 0 Å². The molecule has 0 aromatic rings. The van der Waals surface area contributed by atoms with Gasteiger partial charge in [-0.2, -0.15) is 0 Å². The highest BCUT2D eigenvalue weighted by Gasteiger charge is 2.42. The first kappa shape index (κ1) is 14.0. The van der Waals surface area contributed by atoms with E-state index in [9.17, 15) is 15.0 Å². The molecule has 0 spiro atoms. The Kier molecular flexibility index (Phi) is 4.44. The van der Waals surface area contributed by atoms with E-state index < -0.39 is 0 Å². The topological polar surface area (TPSA) is 57.5 Å². The average Bonchev–Trinajstić information content (AvgIpc) is 3.25. The second-order valence-corrected chi connectivity index (χ2v) is 6.58. The molecule has 0 radical (unpaired) electrons. The summed E-state index contributed by atoms with van der Waals surface area (Å²) in [4.78, 5) is 10.8. The Morgan fingerprint density at radius 2 is 1.67 bits per heavy atom. The Morgan fingerprint density at radius 3 is 2.11 bits per heavy atom. The van der Waals surface area contributed by atoms with Crippen LogP contribution in [0.25, 0.3) is 0 Å². The van der Waals surface area contributed by atoms with Crippen LogP contribution >= 0.6 is 0 Å². The van der Waals surface area contributed by atoms with Crippen molar-refractivity contribution in [3.05, 3.63) is 0 Å². The van der Waals surface area contributed by atoms with Gasteiger partial charge in [0.1, 0.15) is 6.29 Å². The van der Waals surface area contributed by atoms with Crippen LogP contribution in [0.3, 0.4) is 0 Å². The zero-order valence-electron chi connectivity index (χ0n) is 11.2. The highest BCUT2D eigenvalue weighted by atomic mass is 16.3. The monoisotopic (exact) mass is 254 g/mol. The molecule has 1 atom stereocenters. The van der Waals surface area contributed by atoms with Crippen molar-refractivity contribution < 1.29 is 15.0 Å². The second-order valence-electron chi connectivity index (χ2n) is 6.58. The molecule has 0 saturated heterocycles. The van der Waals surface area contributed by atoms with Crippen LogP contribution in [0.2, 0.25) is 0 Å². The van der Waals surface area contributed by atoms with Gasteiger partial charge in [-0.05, 0) is 63.2 Å². The molecule has 2 fully saturated rings. The number of carbonyl (C=O) groups is 1. The van der Waals surface area contributed by atoms with Gasteiger partial charge < -0.3 is 15.0 Å². The Morgan fingerprint density at radius 1 is 1.06 bits per heavy atom. The van der Waals surface area contributed by atoms with Crippen molar-refractivity contribution in [1.29, 1.82) is 0 Å². The highest BCUT2D eigenvalue weighted by molar-refractivity contribution is 5.63. The average molecular weight is 254 g/mol. The minimum Gasteiger partial charge on any atom is -0.396 e. The summed E-state index contributed by atoms with van der Waals surface area (Å²) in [6, 6.07) is 0. The van der Waals surface area contributed by atoms with Gasteiger partial charge in [-0.3, -0.25) is 0 Å². The van der Waals surface area contributed by atoms with Crippen LogP contribution in [0.1, 0.15) is 64.2 Å². The number of rotatable bonds is 10. The van der Waals surface area contributed by atoms with Gasteiger partial charge in [-0.1, -0.05) is 6.42 Å². The first-order valence-electron chi connectivity index (χ1n) is 7.39. The van der Waals surface area contributed by atoms with E-state index in [1.165, 1.54) is 0 Å². The van der Waals surface area contributed by atoms with Crippen LogP contribution in [0.4, 0.5) is 0 Å². The minimum absolute atomic E-state index is 0.00528. The number of carbonyl (C=O) groups excluding carboxylic acids is 1. The van der Waals surface area contributed by atoms with E-state index in [0.29, 0.717) is 6.61 Å². The number of hydrogen-bond acceptors (Lipinski definition) is 3. The lowest BCUT2D eigenvalue weighted by atomic mass is 9.95. The molecule has 3 heteroatoms. The molecule has 0 aromatic carbocycles. The molecule has 2 aliphatic rings. The Bertz CT molecular complexity index is 279. The summed E-state index contributed by atoms with van der Waals surface area (Å²) < 4.78 is 0. The molecule has 18 heavy (non-hydrogen) atoms. The van der Waals surface area contributed by atoms with E-state index in [4.69, 9.17) is 0 Å². The van der Waals surface area contributed by atoms with Crippen molar-refractivity contribution in [1.82, 2.24) is 0 Å². The first-order chi connectivity index (χ1) is 8.64.